The van der Waals surface area contributed by atoms with Crippen LogP contribution in [0.5, 0.6) is 0 Å². The zero-order chi connectivity index (χ0) is 11.8. The van der Waals surface area contributed by atoms with Crippen LogP contribution in [0.4, 0.5) is 0 Å². The highest BCUT2D eigenvalue weighted by atomic mass is 16.2. The first-order valence-corrected chi connectivity index (χ1v) is 5.22. The van der Waals surface area contributed by atoms with Crippen LogP contribution in [-0.4, -0.2) is 37.5 Å². The molecule has 1 amide bonds. The highest BCUT2D eigenvalue weighted by Crippen LogP contribution is 2.00. The number of likely N-dealkylation sites (N-methyl/N-ethyl adjacent to an activating group) is 1. The molecule has 0 aliphatic rings. The quantitative estimate of drug-likeness (QED) is 0.699. The zero-order valence-corrected chi connectivity index (χ0v) is 10.4. The lowest BCUT2D eigenvalue weighted by molar-refractivity contribution is -0.127. The fourth-order valence-electron chi connectivity index (χ4n) is 0.952. The van der Waals surface area contributed by atoms with E-state index < -0.39 is 0 Å². The van der Waals surface area contributed by atoms with Gasteiger partial charge in [0.15, 0.2) is 0 Å². The zero-order valence-electron chi connectivity index (χ0n) is 10.4. The second kappa shape index (κ2) is 7.23. The molecule has 0 saturated carbocycles. The van der Waals surface area contributed by atoms with Gasteiger partial charge in [0.1, 0.15) is 0 Å². The second-order valence-corrected chi connectivity index (χ2v) is 3.83. The molecule has 0 saturated heterocycles. The Morgan fingerprint density at radius 2 is 2.07 bits per heavy atom. The van der Waals surface area contributed by atoms with Crippen molar-refractivity contribution < 1.29 is 4.79 Å². The third-order valence-electron chi connectivity index (χ3n) is 2.29. The average molecular weight is 210 g/mol. The van der Waals surface area contributed by atoms with Gasteiger partial charge in [-0.1, -0.05) is 23.8 Å². The molecule has 0 heterocycles. The maximum Gasteiger partial charge on any atom is 0.236 e. The van der Waals surface area contributed by atoms with E-state index in [1.807, 2.05) is 19.1 Å². The lowest BCUT2D eigenvalue weighted by Gasteiger charge is -2.16. The molecular weight excluding hydrogens is 188 g/mol. The summed E-state index contributed by atoms with van der Waals surface area (Å²) in [6, 6.07) is 0.227. The molecule has 0 aromatic heterocycles. The topological polar surface area (TPSA) is 32.3 Å². The lowest BCUT2D eigenvalue weighted by atomic mass is 10.1. The van der Waals surface area contributed by atoms with E-state index in [2.05, 4.69) is 25.2 Å². The maximum absolute atomic E-state index is 11.3. The van der Waals surface area contributed by atoms with Crippen LogP contribution in [-0.2, 0) is 4.79 Å². The van der Waals surface area contributed by atoms with Gasteiger partial charge in [-0.3, -0.25) is 4.79 Å². The van der Waals surface area contributed by atoms with Gasteiger partial charge in [-0.25, -0.2) is 0 Å². The summed E-state index contributed by atoms with van der Waals surface area (Å²) in [7, 11) is 3.52. The van der Waals surface area contributed by atoms with Gasteiger partial charge in [0.05, 0.1) is 6.54 Å². The van der Waals surface area contributed by atoms with Crippen LogP contribution in [0, 0.1) is 0 Å². The van der Waals surface area contributed by atoms with E-state index in [-0.39, 0.29) is 11.9 Å². The number of allylic oxidation sites excluding steroid dienone is 3. The number of amides is 1. The summed E-state index contributed by atoms with van der Waals surface area (Å²) in [5, 5.41) is 3.18. The second-order valence-electron chi connectivity index (χ2n) is 3.83. The Balaban J connectivity index is 4.03. The van der Waals surface area contributed by atoms with Crippen LogP contribution in [0.3, 0.4) is 0 Å². The van der Waals surface area contributed by atoms with Crippen molar-refractivity contribution in [2.24, 2.45) is 0 Å². The van der Waals surface area contributed by atoms with Gasteiger partial charge >= 0.3 is 0 Å². The molecule has 15 heavy (non-hydrogen) atoms. The van der Waals surface area contributed by atoms with Crippen molar-refractivity contribution in [3.63, 3.8) is 0 Å². The van der Waals surface area contributed by atoms with Crippen molar-refractivity contribution in [1.29, 1.82) is 0 Å². The predicted molar refractivity (Wildman–Crippen MR) is 64.7 cm³/mol. The van der Waals surface area contributed by atoms with Gasteiger partial charge in [0.2, 0.25) is 5.91 Å². The molecule has 0 fully saturated rings. The van der Waals surface area contributed by atoms with Crippen molar-refractivity contribution in [3.05, 3.63) is 23.8 Å². The monoisotopic (exact) mass is 210 g/mol. The number of carbonyl (C=O) groups excluding carboxylic acids is 1. The summed E-state index contributed by atoms with van der Waals surface area (Å²) in [4.78, 5) is 12.9. The van der Waals surface area contributed by atoms with E-state index in [0.717, 1.165) is 0 Å². The molecular formula is C12H22N2O. The molecule has 1 unspecified atom stereocenters. The Bertz CT molecular complexity index is 254. The largest absolute Gasteiger partial charge is 0.348 e. The van der Waals surface area contributed by atoms with Crippen molar-refractivity contribution in [2.45, 2.75) is 26.8 Å². The minimum atomic E-state index is 0.0979. The molecule has 0 radical (unpaired) electrons. The highest BCUT2D eigenvalue weighted by molar-refractivity contribution is 5.77. The smallest absolute Gasteiger partial charge is 0.236 e. The maximum atomic E-state index is 11.3. The number of nitrogens with zero attached hydrogens (tertiary/aromatic N) is 1. The van der Waals surface area contributed by atoms with Gasteiger partial charge in [-0.15, -0.1) is 0 Å². The summed E-state index contributed by atoms with van der Waals surface area (Å²) in [6.45, 7) is 6.47. The van der Waals surface area contributed by atoms with Crippen molar-refractivity contribution in [1.82, 2.24) is 10.2 Å². The fourth-order valence-corrected chi connectivity index (χ4v) is 0.952. The van der Waals surface area contributed by atoms with Crippen LogP contribution in [0.2, 0.25) is 0 Å². The first kappa shape index (κ1) is 13.9. The van der Waals surface area contributed by atoms with Crippen LogP contribution in [0.1, 0.15) is 20.8 Å². The number of carbonyl (C=O) groups is 1. The molecule has 1 atom stereocenters. The summed E-state index contributed by atoms with van der Waals surface area (Å²) in [5.41, 5.74) is 1.22. The molecule has 0 aromatic carbocycles. The Hall–Kier alpha value is -1.09. The van der Waals surface area contributed by atoms with E-state index in [4.69, 9.17) is 0 Å². The van der Waals surface area contributed by atoms with Gasteiger partial charge < -0.3 is 10.2 Å². The minimum absolute atomic E-state index is 0.0979. The number of nitrogens with one attached hydrogen (secondary N) is 1. The van der Waals surface area contributed by atoms with Crippen molar-refractivity contribution in [2.75, 3.05) is 20.6 Å². The molecule has 1 N–H and O–H groups in total. The first-order valence-electron chi connectivity index (χ1n) is 5.22. The van der Waals surface area contributed by atoms with E-state index in [1.54, 1.807) is 19.0 Å². The third-order valence-corrected chi connectivity index (χ3v) is 2.29. The average Bonchev–Trinajstić information content (AvgIpc) is 2.21. The Kier molecular flexibility index (Phi) is 6.71. The number of hydrogen-bond acceptors (Lipinski definition) is 2. The van der Waals surface area contributed by atoms with E-state index in [0.29, 0.717) is 6.54 Å². The highest BCUT2D eigenvalue weighted by Gasteiger charge is 2.07. The van der Waals surface area contributed by atoms with Crippen LogP contribution >= 0.6 is 0 Å². The predicted octanol–water partition coefficient (Wildman–Crippen LogP) is 1.58. The van der Waals surface area contributed by atoms with Gasteiger partial charge in [-0.05, 0) is 20.8 Å². The Morgan fingerprint density at radius 3 is 2.53 bits per heavy atom. The molecule has 3 nitrogen and oxygen atoms in total. The summed E-state index contributed by atoms with van der Waals surface area (Å²) in [6.07, 6.45) is 6.04. The van der Waals surface area contributed by atoms with E-state index in [9.17, 15) is 4.79 Å². The van der Waals surface area contributed by atoms with Crippen molar-refractivity contribution >= 4 is 5.91 Å². The van der Waals surface area contributed by atoms with E-state index in [1.165, 1.54) is 5.57 Å². The third kappa shape index (κ3) is 6.07. The molecule has 0 aromatic rings. The molecule has 0 rings (SSSR count). The van der Waals surface area contributed by atoms with Crippen LogP contribution in [0.25, 0.3) is 0 Å². The fraction of sp³-hybridized carbons (Fsp3) is 0.583. The van der Waals surface area contributed by atoms with Crippen LogP contribution < -0.4 is 5.32 Å². The standard InChI is InChI=1S/C12H22N2O/c1-6-7-8-10(2)11(3)13-9-12(15)14(4)5/h6-8,11,13H,9H2,1-5H3/b7-6-,10-8+. The summed E-state index contributed by atoms with van der Waals surface area (Å²) >= 11 is 0. The Morgan fingerprint density at radius 1 is 1.47 bits per heavy atom. The molecule has 0 aliphatic carbocycles. The molecule has 0 aliphatic heterocycles. The normalized spacial score (nSPS) is 14.3. The lowest BCUT2D eigenvalue weighted by Crippen LogP contribution is -2.37. The summed E-state index contributed by atoms with van der Waals surface area (Å²) < 4.78 is 0. The van der Waals surface area contributed by atoms with Crippen molar-refractivity contribution in [3.8, 4) is 0 Å². The molecule has 3 heteroatoms. The minimum Gasteiger partial charge on any atom is -0.348 e. The van der Waals surface area contributed by atoms with Gasteiger partial charge in [-0.2, -0.15) is 0 Å². The number of hydrogen-bond donors (Lipinski definition) is 1. The van der Waals surface area contributed by atoms with Crippen LogP contribution in [0.15, 0.2) is 23.8 Å². The Labute approximate surface area is 92.8 Å². The summed E-state index contributed by atoms with van der Waals surface area (Å²) in [5.74, 6) is 0.0979. The molecule has 86 valence electrons. The van der Waals surface area contributed by atoms with E-state index >= 15 is 0 Å². The SMILES string of the molecule is C/C=C\C=C(/C)C(C)NCC(=O)N(C)C. The number of rotatable bonds is 5. The molecule has 0 spiro atoms. The molecule has 0 bridgehead atoms. The van der Waals surface area contributed by atoms with Gasteiger partial charge in [0.25, 0.3) is 0 Å². The first-order chi connectivity index (χ1) is 6.99. The van der Waals surface area contributed by atoms with Gasteiger partial charge in [0, 0.05) is 20.1 Å².